The van der Waals surface area contributed by atoms with E-state index < -0.39 is 16.0 Å². The fourth-order valence-corrected chi connectivity index (χ4v) is 5.60. The summed E-state index contributed by atoms with van der Waals surface area (Å²) < 4.78 is 42.4. The van der Waals surface area contributed by atoms with Crippen LogP contribution in [0.4, 0.5) is 10.1 Å². The molecule has 9 heteroatoms. The van der Waals surface area contributed by atoms with Gasteiger partial charge in [0.2, 0.25) is 0 Å². The number of benzene rings is 3. The number of nitrogens with zero attached hydrogens (tertiary/aromatic N) is 3. The monoisotopic (exact) mass is 538 g/mol. The van der Waals surface area contributed by atoms with Crippen molar-refractivity contribution in [2.24, 2.45) is 0 Å². The molecule has 1 aliphatic heterocycles. The lowest BCUT2D eigenvalue weighted by molar-refractivity contribution is 0.0951. The molecule has 4 rings (SSSR count). The normalized spacial score (nSPS) is 14.4. The molecule has 3 aromatic carbocycles. The molecule has 7 nitrogen and oxygen atoms in total. The van der Waals surface area contributed by atoms with Crippen molar-refractivity contribution in [2.45, 2.75) is 38.9 Å². The first kappa shape index (κ1) is 27.8. The van der Waals surface area contributed by atoms with Crippen LogP contribution in [0.15, 0.2) is 72.8 Å². The molecule has 1 saturated heterocycles. The van der Waals surface area contributed by atoms with Crippen LogP contribution in [0.5, 0.6) is 0 Å². The molecule has 0 spiro atoms. The molecule has 0 radical (unpaired) electrons. The van der Waals surface area contributed by atoms with E-state index >= 15 is 0 Å². The predicted molar refractivity (Wildman–Crippen MR) is 148 cm³/mol. The van der Waals surface area contributed by atoms with Gasteiger partial charge in [-0.05, 0) is 66.9 Å². The van der Waals surface area contributed by atoms with E-state index in [0.717, 1.165) is 33.8 Å². The molecule has 1 N–H and O–H groups in total. The van der Waals surface area contributed by atoms with E-state index in [4.69, 9.17) is 0 Å². The molecule has 202 valence electrons. The fraction of sp³-hybridized carbons (Fsp3) is 0.345. The highest BCUT2D eigenvalue weighted by molar-refractivity contribution is 7.90. The number of rotatable bonds is 10. The number of amides is 1. The maximum atomic E-state index is 14.5. The Morgan fingerprint density at radius 3 is 2.11 bits per heavy atom. The minimum Gasteiger partial charge on any atom is -0.348 e. The number of carbonyl (C=O) groups excluding carboxylic acids is 1. The molecular weight excluding hydrogens is 503 g/mol. The van der Waals surface area contributed by atoms with Crippen LogP contribution in [0.3, 0.4) is 0 Å². The lowest BCUT2D eigenvalue weighted by Gasteiger charge is -2.27. The molecular formula is C29H35FN4O3S. The van der Waals surface area contributed by atoms with Crippen molar-refractivity contribution >= 4 is 21.8 Å². The number of likely N-dealkylation sites (tertiary alicyclic amines) is 1. The minimum absolute atomic E-state index is 0.0371. The molecule has 0 atom stereocenters. The zero-order valence-corrected chi connectivity index (χ0v) is 22.8. The Hall–Kier alpha value is -3.27. The largest absolute Gasteiger partial charge is 0.348 e. The predicted octanol–water partition coefficient (Wildman–Crippen LogP) is 4.55. The first-order chi connectivity index (χ1) is 18.2. The molecule has 0 unspecified atom stereocenters. The molecule has 0 aromatic heterocycles. The number of hydrogen-bond acceptors (Lipinski definition) is 4. The van der Waals surface area contributed by atoms with Gasteiger partial charge in [-0.15, -0.1) is 0 Å². The highest BCUT2D eigenvalue weighted by atomic mass is 32.2. The van der Waals surface area contributed by atoms with Gasteiger partial charge in [0.15, 0.2) is 0 Å². The summed E-state index contributed by atoms with van der Waals surface area (Å²) >= 11 is 0. The number of para-hydroxylation sites is 1. The van der Waals surface area contributed by atoms with Crippen LogP contribution in [-0.4, -0.2) is 50.7 Å². The van der Waals surface area contributed by atoms with E-state index in [1.165, 1.54) is 57.1 Å². The number of anilines is 1. The van der Waals surface area contributed by atoms with Gasteiger partial charge in [0.25, 0.3) is 5.91 Å². The summed E-state index contributed by atoms with van der Waals surface area (Å²) in [6, 6.07) is 20.7. The smallest absolute Gasteiger partial charge is 0.303 e. The van der Waals surface area contributed by atoms with Gasteiger partial charge in [-0.1, -0.05) is 55.0 Å². The van der Waals surface area contributed by atoms with Gasteiger partial charge >= 0.3 is 10.2 Å². The molecule has 38 heavy (non-hydrogen) atoms. The zero-order chi connectivity index (χ0) is 27.1. The summed E-state index contributed by atoms with van der Waals surface area (Å²) in [6.45, 7) is 3.61. The van der Waals surface area contributed by atoms with Gasteiger partial charge in [-0.25, -0.2) is 4.39 Å². The third-order valence-corrected chi connectivity index (χ3v) is 8.54. The summed E-state index contributed by atoms with van der Waals surface area (Å²) in [6.07, 6.45) is 3.86. The van der Waals surface area contributed by atoms with Crippen molar-refractivity contribution in [3.8, 4) is 0 Å². The van der Waals surface area contributed by atoms with E-state index in [-0.39, 0.29) is 18.1 Å². The van der Waals surface area contributed by atoms with Gasteiger partial charge in [0.1, 0.15) is 5.82 Å². The molecule has 0 bridgehead atoms. The number of halogens is 1. The van der Waals surface area contributed by atoms with Gasteiger partial charge < -0.3 is 5.32 Å². The molecule has 1 amide bonds. The van der Waals surface area contributed by atoms with Crippen LogP contribution in [0, 0.1) is 5.82 Å². The second-order valence-electron chi connectivity index (χ2n) is 9.78. The van der Waals surface area contributed by atoms with Gasteiger partial charge in [-0.2, -0.15) is 12.7 Å². The summed E-state index contributed by atoms with van der Waals surface area (Å²) in [5, 5.41) is 2.94. The number of piperidine rings is 1. The van der Waals surface area contributed by atoms with Gasteiger partial charge in [-0.3, -0.25) is 14.0 Å². The Bertz CT molecular complexity index is 1320. The Balaban J connectivity index is 1.36. The number of hydrogen-bond donors (Lipinski definition) is 1. The van der Waals surface area contributed by atoms with Gasteiger partial charge in [0.05, 0.1) is 12.2 Å². The molecule has 1 aliphatic rings. The maximum Gasteiger partial charge on any atom is 0.303 e. The Morgan fingerprint density at radius 1 is 0.868 bits per heavy atom. The first-order valence-electron chi connectivity index (χ1n) is 12.9. The Kier molecular flexibility index (Phi) is 9.14. The van der Waals surface area contributed by atoms with Crippen molar-refractivity contribution in [1.82, 2.24) is 14.5 Å². The van der Waals surface area contributed by atoms with E-state index in [9.17, 15) is 17.6 Å². The molecule has 1 heterocycles. The second kappa shape index (κ2) is 12.5. The van der Waals surface area contributed by atoms with Crippen molar-refractivity contribution in [1.29, 1.82) is 0 Å². The maximum absolute atomic E-state index is 14.5. The van der Waals surface area contributed by atoms with Crippen molar-refractivity contribution in [2.75, 3.05) is 31.5 Å². The number of nitrogens with one attached hydrogen (secondary N) is 1. The van der Waals surface area contributed by atoms with Crippen LogP contribution in [0.25, 0.3) is 0 Å². The second-order valence-corrected chi connectivity index (χ2v) is 11.8. The Morgan fingerprint density at radius 2 is 1.47 bits per heavy atom. The average Bonchev–Trinajstić information content (AvgIpc) is 2.92. The van der Waals surface area contributed by atoms with E-state index in [1.807, 2.05) is 12.1 Å². The number of carbonyl (C=O) groups is 1. The highest BCUT2D eigenvalue weighted by Crippen LogP contribution is 2.25. The molecule has 3 aromatic rings. The summed E-state index contributed by atoms with van der Waals surface area (Å²) in [4.78, 5) is 15.2. The summed E-state index contributed by atoms with van der Waals surface area (Å²) in [5.41, 5.74) is 3.35. The molecule has 0 saturated carbocycles. The van der Waals surface area contributed by atoms with Crippen LogP contribution >= 0.6 is 0 Å². The summed E-state index contributed by atoms with van der Waals surface area (Å²) in [7, 11) is -1.14. The lowest BCUT2D eigenvalue weighted by Crippen LogP contribution is -2.40. The molecule has 1 fully saturated rings. The summed E-state index contributed by atoms with van der Waals surface area (Å²) in [5.74, 6) is -0.853. The average molecular weight is 539 g/mol. The van der Waals surface area contributed by atoms with Crippen LogP contribution < -0.4 is 9.62 Å². The van der Waals surface area contributed by atoms with Crippen molar-refractivity contribution in [3.63, 3.8) is 0 Å². The minimum atomic E-state index is -3.95. The van der Waals surface area contributed by atoms with Crippen LogP contribution in [-0.2, 0) is 29.8 Å². The van der Waals surface area contributed by atoms with E-state index in [2.05, 4.69) is 22.3 Å². The van der Waals surface area contributed by atoms with Crippen molar-refractivity contribution < 1.29 is 17.6 Å². The lowest BCUT2D eigenvalue weighted by atomic mass is 10.1. The van der Waals surface area contributed by atoms with Gasteiger partial charge in [0, 0.05) is 32.7 Å². The third-order valence-electron chi connectivity index (χ3n) is 6.73. The Labute approximate surface area is 225 Å². The SMILES string of the molecule is CN(C)S(=O)(=O)N(Cc1ccc(C(=O)NCc2ccc(CN3CCCCC3)cc2)cc1)c1ccccc1F. The third kappa shape index (κ3) is 6.98. The van der Waals surface area contributed by atoms with E-state index in [1.54, 1.807) is 30.3 Å². The topological polar surface area (TPSA) is 73.0 Å². The first-order valence-corrected chi connectivity index (χ1v) is 14.3. The van der Waals surface area contributed by atoms with E-state index in [0.29, 0.717) is 17.7 Å². The van der Waals surface area contributed by atoms with Crippen molar-refractivity contribution in [3.05, 3.63) is 101 Å². The highest BCUT2D eigenvalue weighted by Gasteiger charge is 2.27. The molecule has 0 aliphatic carbocycles. The van der Waals surface area contributed by atoms with Crippen LogP contribution in [0.1, 0.15) is 46.3 Å². The fourth-order valence-electron chi connectivity index (χ4n) is 4.49. The standard InChI is InChI=1S/C29H35FN4O3S/c1-32(2)38(36,37)34(28-9-5-4-8-27(28)30)22-25-14-16-26(17-15-25)29(35)31-20-23-10-12-24(13-11-23)21-33-18-6-3-7-19-33/h4-5,8-17H,3,6-7,18-22H2,1-2H3,(H,31,35). The van der Waals surface area contributed by atoms with Crippen LogP contribution in [0.2, 0.25) is 0 Å². The quantitative estimate of drug-likeness (QED) is 0.411. The zero-order valence-electron chi connectivity index (χ0n) is 21.9.